The van der Waals surface area contributed by atoms with Crippen LogP contribution in [0, 0.1) is 0 Å². The molecule has 210 valence electrons. The molecule has 0 aliphatic carbocycles. The minimum Gasteiger partial charge on any atom is -0.507 e. The third kappa shape index (κ3) is 5.52. The maximum Gasteiger partial charge on any atom is 0.300 e. The molecule has 4 rings (SSSR count). The number of methoxy groups -OCH3 is 1. The van der Waals surface area contributed by atoms with E-state index in [2.05, 4.69) is 0 Å². The average Bonchev–Trinajstić information content (AvgIpc) is 3.18. The van der Waals surface area contributed by atoms with Gasteiger partial charge in [-0.2, -0.15) is 0 Å². The van der Waals surface area contributed by atoms with Gasteiger partial charge in [0.15, 0.2) is 11.5 Å². The number of benzene rings is 3. The van der Waals surface area contributed by atoms with Crippen LogP contribution in [0.3, 0.4) is 0 Å². The molecule has 1 aliphatic heterocycles. The standard InChI is InChI=1S/C32H34ClNO6/c1-7-39-24-14-13-20(16-23(24)32(3,4)5)29(35)27-28(19-12-15-25(38-6)26(17-19)40-8-2)34(31(37)30(27)36)22-11-9-10-21(33)18-22/h9-18,28,35H,7-8H2,1-6H3/b29-27+. The van der Waals surface area contributed by atoms with Gasteiger partial charge in [-0.1, -0.05) is 44.5 Å². The van der Waals surface area contributed by atoms with Gasteiger partial charge in [-0.25, -0.2) is 0 Å². The minimum absolute atomic E-state index is 0.0402. The average molecular weight is 564 g/mol. The van der Waals surface area contributed by atoms with Crippen molar-refractivity contribution in [3.8, 4) is 17.2 Å². The summed E-state index contributed by atoms with van der Waals surface area (Å²) in [6, 6.07) is 16.2. The molecule has 7 nitrogen and oxygen atoms in total. The summed E-state index contributed by atoms with van der Waals surface area (Å²) in [6.45, 7) is 10.7. The second kappa shape index (κ2) is 11.6. The maximum absolute atomic E-state index is 13.6. The molecule has 0 bridgehead atoms. The lowest BCUT2D eigenvalue weighted by Gasteiger charge is -2.27. The van der Waals surface area contributed by atoms with Gasteiger partial charge in [-0.15, -0.1) is 0 Å². The van der Waals surface area contributed by atoms with Gasteiger partial charge in [-0.05, 0) is 73.4 Å². The first-order valence-electron chi connectivity index (χ1n) is 13.2. The predicted molar refractivity (Wildman–Crippen MR) is 157 cm³/mol. The Hall–Kier alpha value is -3.97. The van der Waals surface area contributed by atoms with E-state index in [0.717, 1.165) is 5.56 Å². The molecule has 1 heterocycles. The summed E-state index contributed by atoms with van der Waals surface area (Å²) >= 11 is 6.27. The van der Waals surface area contributed by atoms with Crippen molar-refractivity contribution in [3.63, 3.8) is 0 Å². The molecular weight excluding hydrogens is 530 g/mol. The number of nitrogens with zero attached hydrogens (tertiary/aromatic N) is 1. The first kappa shape index (κ1) is 29.0. The SMILES string of the molecule is CCOc1cc(C2/C(=C(\O)c3ccc(OCC)c(C(C)(C)C)c3)C(=O)C(=O)N2c2cccc(Cl)c2)ccc1OC. The fourth-order valence-electron chi connectivity index (χ4n) is 4.87. The zero-order chi connectivity index (χ0) is 29.2. The number of rotatable bonds is 8. The van der Waals surface area contributed by atoms with E-state index in [-0.39, 0.29) is 16.7 Å². The number of anilines is 1. The van der Waals surface area contributed by atoms with Gasteiger partial charge in [0.1, 0.15) is 11.5 Å². The fourth-order valence-corrected chi connectivity index (χ4v) is 5.06. The number of Topliss-reactive ketones (excluding diaryl/α,β-unsaturated/α-hetero) is 1. The molecule has 1 atom stereocenters. The molecule has 0 saturated carbocycles. The number of aliphatic hydroxyl groups is 1. The quantitative estimate of drug-likeness (QED) is 0.179. The lowest BCUT2D eigenvalue weighted by atomic mass is 9.84. The summed E-state index contributed by atoms with van der Waals surface area (Å²) in [5.74, 6) is -0.205. The van der Waals surface area contributed by atoms with Crippen LogP contribution < -0.4 is 19.1 Å². The Labute approximate surface area is 239 Å². The molecule has 1 unspecified atom stereocenters. The smallest absolute Gasteiger partial charge is 0.300 e. The highest BCUT2D eigenvalue weighted by molar-refractivity contribution is 6.51. The van der Waals surface area contributed by atoms with Gasteiger partial charge >= 0.3 is 0 Å². The van der Waals surface area contributed by atoms with Crippen LogP contribution >= 0.6 is 11.6 Å². The van der Waals surface area contributed by atoms with Crippen molar-refractivity contribution in [2.24, 2.45) is 0 Å². The summed E-state index contributed by atoms with van der Waals surface area (Å²) in [5, 5.41) is 12.1. The molecule has 3 aromatic carbocycles. The van der Waals surface area contributed by atoms with Crippen molar-refractivity contribution in [1.82, 2.24) is 0 Å². The first-order valence-corrected chi connectivity index (χ1v) is 13.5. The number of ketones is 1. The molecule has 1 fully saturated rings. The largest absolute Gasteiger partial charge is 0.507 e. The highest BCUT2D eigenvalue weighted by atomic mass is 35.5. The monoisotopic (exact) mass is 563 g/mol. The highest BCUT2D eigenvalue weighted by Gasteiger charge is 2.47. The maximum atomic E-state index is 13.6. The predicted octanol–water partition coefficient (Wildman–Crippen LogP) is 7.07. The van der Waals surface area contributed by atoms with Crippen molar-refractivity contribution in [2.75, 3.05) is 25.2 Å². The Kier molecular flexibility index (Phi) is 8.45. The van der Waals surface area contributed by atoms with Crippen LogP contribution in [0.1, 0.15) is 57.4 Å². The number of hydrogen-bond acceptors (Lipinski definition) is 6. The van der Waals surface area contributed by atoms with Crippen LogP contribution in [0.5, 0.6) is 17.2 Å². The molecule has 0 radical (unpaired) electrons. The van der Waals surface area contributed by atoms with Gasteiger partial charge in [0.25, 0.3) is 11.7 Å². The first-order chi connectivity index (χ1) is 19.0. The van der Waals surface area contributed by atoms with E-state index in [0.29, 0.717) is 52.3 Å². The Bertz CT molecular complexity index is 1470. The second-order valence-corrected chi connectivity index (χ2v) is 10.8. The van der Waals surface area contributed by atoms with E-state index in [9.17, 15) is 14.7 Å². The topological polar surface area (TPSA) is 85.3 Å². The second-order valence-electron chi connectivity index (χ2n) is 10.4. The Morgan fingerprint density at radius 1 is 0.925 bits per heavy atom. The summed E-state index contributed by atoms with van der Waals surface area (Å²) in [6.07, 6.45) is 0. The zero-order valence-corrected chi connectivity index (χ0v) is 24.3. The van der Waals surface area contributed by atoms with Gasteiger partial charge in [0.05, 0.1) is 31.9 Å². The number of ether oxygens (including phenoxy) is 3. The van der Waals surface area contributed by atoms with E-state index in [1.54, 1.807) is 54.6 Å². The zero-order valence-electron chi connectivity index (χ0n) is 23.6. The van der Waals surface area contributed by atoms with E-state index in [4.69, 9.17) is 25.8 Å². The number of halogens is 1. The fraction of sp³-hybridized carbons (Fsp3) is 0.312. The van der Waals surface area contributed by atoms with Crippen LogP contribution in [-0.4, -0.2) is 37.1 Å². The van der Waals surface area contributed by atoms with Crippen molar-refractivity contribution in [2.45, 2.75) is 46.1 Å². The van der Waals surface area contributed by atoms with Gasteiger partial charge in [0, 0.05) is 21.8 Å². The third-order valence-electron chi connectivity index (χ3n) is 6.69. The third-order valence-corrected chi connectivity index (χ3v) is 6.93. The van der Waals surface area contributed by atoms with Crippen LogP contribution in [0.4, 0.5) is 5.69 Å². The highest BCUT2D eigenvalue weighted by Crippen LogP contribution is 2.45. The van der Waals surface area contributed by atoms with E-state index >= 15 is 0 Å². The van der Waals surface area contributed by atoms with Crippen LogP contribution in [0.2, 0.25) is 5.02 Å². The van der Waals surface area contributed by atoms with Crippen molar-refractivity contribution in [1.29, 1.82) is 0 Å². The summed E-state index contributed by atoms with van der Waals surface area (Å²) < 4.78 is 17.1. The number of carbonyl (C=O) groups is 2. The number of carbonyl (C=O) groups excluding carboxylic acids is 2. The summed E-state index contributed by atoms with van der Waals surface area (Å²) in [4.78, 5) is 28.6. The summed E-state index contributed by atoms with van der Waals surface area (Å²) in [5.41, 5.74) is 1.90. The van der Waals surface area contributed by atoms with E-state index in [1.165, 1.54) is 12.0 Å². The van der Waals surface area contributed by atoms with Gasteiger partial charge < -0.3 is 19.3 Å². The Balaban J connectivity index is 1.98. The molecule has 1 amide bonds. The lowest BCUT2D eigenvalue weighted by molar-refractivity contribution is -0.132. The van der Waals surface area contributed by atoms with Crippen LogP contribution in [-0.2, 0) is 15.0 Å². The molecule has 1 saturated heterocycles. The van der Waals surface area contributed by atoms with Crippen LogP contribution in [0.25, 0.3) is 5.76 Å². The molecule has 8 heteroatoms. The molecular formula is C32H34ClNO6. The van der Waals surface area contributed by atoms with E-state index in [1.807, 2.05) is 40.7 Å². The lowest BCUT2D eigenvalue weighted by Crippen LogP contribution is -2.29. The van der Waals surface area contributed by atoms with Crippen molar-refractivity contribution in [3.05, 3.63) is 87.9 Å². The number of hydrogen-bond donors (Lipinski definition) is 1. The molecule has 1 N–H and O–H groups in total. The number of amides is 1. The van der Waals surface area contributed by atoms with Crippen molar-refractivity contribution < 1.29 is 28.9 Å². The molecule has 40 heavy (non-hydrogen) atoms. The summed E-state index contributed by atoms with van der Waals surface area (Å²) in [7, 11) is 1.54. The minimum atomic E-state index is -0.951. The van der Waals surface area contributed by atoms with E-state index < -0.39 is 17.7 Å². The Morgan fingerprint density at radius 2 is 1.60 bits per heavy atom. The van der Waals surface area contributed by atoms with Gasteiger partial charge in [-0.3, -0.25) is 14.5 Å². The molecule has 0 aromatic heterocycles. The molecule has 1 aliphatic rings. The molecule has 0 spiro atoms. The van der Waals surface area contributed by atoms with Crippen molar-refractivity contribution >= 4 is 34.7 Å². The number of aliphatic hydroxyl groups excluding tert-OH is 1. The molecule has 3 aromatic rings. The van der Waals surface area contributed by atoms with Gasteiger partial charge in [0.2, 0.25) is 0 Å². The Morgan fingerprint density at radius 3 is 2.23 bits per heavy atom. The van der Waals surface area contributed by atoms with Crippen LogP contribution in [0.15, 0.2) is 66.2 Å². The normalized spacial score (nSPS) is 16.8.